The number of urea groups is 1. The smallest absolute Gasteiger partial charge is 0.319 e. The van der Waals surface area contributed by atoms with Crippen molar-refractivity contribution >= 4 is 22.8 Å². The standard InChI is InChI=1S/C19H25N7O2/c1-12-13(2)22-17-10-15(6-7-16(17)21-12)24-19(27)23-14(3)18-25-20-11-26(18)8-5-9-28-4/h6-7,10-11,14H,5,8-9H2,1-4H3,(H2,23,24,27). The highest BCUT2D eigenvalue weighted by Crippen LogP contribution is 2.18. The summed E-state index contributed by atoms with van der Waals surface area (Å²) in [5.74, 6) is 0.696. The van der Waals surface area contributed by atoms with Gasteiger partial charge in [0.2, 0.25) is 0 Å². The lowest BCUT2D eigenvalue weighted by Gasteiger charge is -2.15. The van der Waals surface area contributed by atoms with Crippen LogP contribution in [0.4, 0.5) is 10.5 Å². The van der Waals surface area contributed by atoms with E-state index in [2.05, 4.69) is 30.8 Å². The molecule has 0 saturated carbocycles. The summed E-state index contributed by atoms with van der Waals surface area (Å²) < 4.78 is 6.99. The number of nitrogens with zero attached hydrogens (tertiary/aromatic N) is 5. The minimum atomic E-state index is -0.324. The number of anilines is 1. The number of amides is 2. The first-order valence-electron chi connectivity index (χ1n) is 9.17. The van der Waals surface area contributed by atoms with E-state index < -0.39 is 0 Å². The summed E-state index contributed by atoms with van der Waals surface area (Å²) in [6.07, 6.45) is 2.50. The SMILES string of the molecule is COCCCn1cnnc1C(C)NC(=O)Nc1ccc2nc(C)c(C)nc2c1. The predicted molar refractivity (Wildman–Crippen MR) is 106 cm³/mol. The summed E-state index contributed by atoms with van der Waals surface area (Å²) in [7, 11) is 1.67. The Morgan fingerprint density at radius 1 is 1.21 bits per heavy atom. The van der Waals surface area contributed by atoms with E-state index in [1.807, 2.05) is 43.5 Å². The molecule has 3 aromatic rings. The number of nitrogens with one attached hydrogen (secondary N) is 2. The van der Waals surface area contributed by atoms with Crippen LogP contribution in [0.2, 0.25) is 0 Å². The number of aryl methyl sites for hydroxylation is 3. The summed E-state index contributed by atoms with van der Waals surface area (Å²) in [5, 5.41) is 13.8. The van der Waals surface area contributed by atoms with Crippen LogP contribution < -0.4 is 10.6 Å². The van der Waals surface area contributed by atoms with Crippen LogP contribution in [-0.2, 0) is 11.3 Å². The van der Waals surface area contributed by atoms with Gasteiger partial charge in [-0.3, -0.25) is 0 Å². The zero-order chi connectivity index (χ0) is 20.1. The monoisotopic (exact) mass is 383 g/mol. The molecule has 2 aromatic heterocycles. The zero-order valence-electron chi connectivity index (χ0n) is 16.6. The molecule has 0 bridgehead atoms. The van der Waals surface area contributed by atoms with Gasteiger partial charge < -0.3 is 19.9 Å². The summed E-state index contributed by atoms with van der Waals surface area (Å²) in [5.41, 5.74) is 3.96. The first kappa shape index (κ1) is 19.7. The van der Waals surface area contributed by atoms with Crippen molar-refractivity contribution in [2.45, 2.75) is 39.8 Å². The fraction of sp³-hybridized carbons (Fsp3) is 0.421. The number of methoxy groups -OCH3 is 1. The van der Waals surface area contributed by atoms with E-state index in [-0.39, 0.29) is 12.1 Å². The zero-order valence-corrected chi connectivity index (χ0v) is 16.6. The Labute approximate surface area is 163 Å². The number of aromatic nitrogens is 5. The first-order valence-corrected chi connectivity index (χ1v) is 9.17. The highest BCUT2D eigenvalue weighted by atomic mass is 16.5. The molecule has 1 aromatic carbocycles. The number of benzene rings is 1. The van der Waals surface area contributed by atoms with Crippen molar-refractivity contribution in [3.05, 3.63) is 41.7 Å². The largest absolute Gasteiger partial charge is 0.385 e. The molecular weight excluding hydrogens is 358 g/mol. The molecule has 9 heteroatoms. The number of rotatable bonds is 7. The second kappa shape index (κ2) is 8.75. The summed E-state index contributed by atoms with van der Waals surface area (Å²) in [4.78, 5) is 21.4. The first-order chi connectivity index (χ1) is 13.5. The molecule has 0 saturated heterocycles. The molecule has 1 atom stereocenters. The maximum atomic E-state index is 12.4. The molecule has 148 valence electrons. The second-order valence-corrected chi connectivity index (χ2v) is 6.65. The minimum Gasteiger partial charge on any atom is -0.385 e. The van der Waals surface area contributed by atoms with Crippen LogP contribution in [0.15, 0.2) is 24.5 Å². The molecule has 0 spiro atoms. The fourth-order valence-electron chi connectivity index (χ4n) is 2.89. The Hall–Kier alpha value is -3.07. The van der Waals surface area contributed by atoms with E-state index >= 15 is 0 Å². The van der Waals surface area contributed by atoms with Crippen LogP contribution in [-0.4, -0.2) is 44.5 Å². The summed E-state index contributed by atoms with van der Waals surface area (Å²) in [6, 6.07) is 4.85. The molecule has 2 heterocycles. The Kier molecular flexibility index (Phi) is 6.15. The second-order valence-electron chi connectivity index (χ2n) is 6.65. The van der Waals surface area contributed by atoms with E-state index in [4.69, 9.17) is 4.74 Å². The van der Waals surface area contributed by atoms with Crippen LogP contribution in [0, 0.1) is 13.8 Å². The van der Waals surface area contributed by atoms with Crippen molar-refractivity contribution in [1.82, 2.24) is 30.0 Å². The van der Waals surface area contributed by atoms with Crippen LogP contribution in [0.25, 0.3) is 11.0 Å². The van der Waals surface area contributed by atoms with Gasteiger partial charge in [-0.15, -0.1) is 10.2 Å². The maximum Gasteiger partial charge on any atom is 0.319 e. The number of fused-ring (bicyclic) bond motifs is 1. The number of ether oxygens (including phenoxy) is 1. The van der Waals surface area contributed by atoms with Crippen LogP contribution in [0.5, 0.6) is 0 Å². The number of hydrogen-bond donors (Lipinski definition) is 2. The van der Waals surface area contributed by atoms with Gasteiger partial charge >= 0.3 is 6.03 Å². The average Bonchev–Trinajstić information content (AvgIpc) is 3.12. The van der Waals surface area contributed by atoms with Crippen LogP contribution in [0.3, 0.4) is 0 Å². The quantitative estimate of drug-likeness (QED) is 0.608. The lowest BCUT2D eigenvalue weighted by Crippen LogP contribution is -2.32. The van der Waals surface area contributed by atoms with Gasteiger partial charge in [0.05, 0.1) is 28.5 Å². The van der Waals surface area contributed by atoms with Gasteiger partial charge in [-0.05, 0) is 45.4 Å². The Morgan fingerprint density at radius 3 is 2.71 bits per heavy atom. The minimum absolute atomic E-state index is 0.296. The van der Waals surface area contributed by atoms with E-state index in [1.54, 1.807) is 13.4 Å². The number of hydrogen-bond acceptors (Lipinski definition) is 6. The third-order valence-electron chi connectivity index (χ3n) is 4.46. The van der Waals surface area contributed by atoms with Gasteiger partial charge in [0.15, 0.2) is 5.82 Å². The molecule has 0 aliphatic carbocycles. The highest BCUT2D eigenvalue weighted by Gasteiger charge is 2.16. The molecule has 3 rings (SSSR count). The molecule has 0 radical (unpaired) electrons. The molecule has 28 heavy (non-hydrogen) atoms. The normalized spacial score (nSPS) is 12.1. The van der Waals surface area contributed by atoms with E-state index in [0.29, 0.717) is 18.1 Å². The summed E-state index contributed by atoms with van der Waals surface area (Å²) in [6.45, 7) is 7.10. The van der Waals surface area contributed by atoms with E-state index in [1.165, 1.54) is 0 Å². The van der Waals surface area contributed by atoms with Crippen molar-refractivity contribution in [1.29, 1.82) is 0 Å². The number of carbonyl (C=O) groups is 1. The maximum absolute atomic E-state index is 12.4. The van der Waals surface area contributed by atoms with Crippen molar-refractivity contribution in [3.63, 3.8) is 0 Å². The Balaban J connectivity index is 1.64. The fourth-order valence-corrected chi connectivity index (χ4v) is 2.89. The van der Waals surface area contributed by atoms with E-state index in [0.717, 1.165) is 35.4 Å². The predicted octanol–water partition coefficient (Wildman–Crippen LogP) is 2.76. The van der Waals surface area contributed by atoms with Crippen molar-refractivity contribution in [2.24, 2.45) is 0 Å². The van der Waals surface area contributed by atoms with Gasteiger partial charge in [-0.1, -0.05) is 0 Å². The highest BCUT2D eigenvalue weighted by molar-refractivity contribution is 5.92. The molecule has 9 nitrogen and oxygen atoms in total. The topological polar surface area (TPSA) is 107 Å². The van der Waals surface area contributed by atoms with Crippen molar-refractivity contribution in [2.75, 3.05) is 19.0 Å². The molecule has 0 fully saturated rings. The van der Waals surface area contributed by atoms with Gasteiger partial charge in [0.1, 0.15) is 6.33 Å². The van der Waals surface area contributed by atoms with Gasteiger partial charge in [-0.25, -0.2) is 14.8 Å². The Bertz CT molecular complexity index is 970. The third kappa shape index (κ3) is 4.61. The lowest BCUT2D eigenvalue weighted by molar-refractivity contribution is 0.189. The lowest BCUT2D eigenvalue weighted by atomic mass is 10.2. The molecule has 0 aliphatic heterocycles. The van der Waals surface area contributed by atoms with Crippen LogP contribution in [0.1, 0.15) is 36.6 Å². The van der Waals surface area contributed by atoms with Crippen molar-refractivity contribution in [3.8, 4) is 0 Å². The van der Waals surface area contributed by atoms with Gasteiger partial charge in [-0.2, -0.15) is 0 Å². The van der Waals surface area contributed by atoms with Gasteiger partial charge in [0.25, 0.3) is 0 Å². The summed E-state index contributed by atoms with van der Waals surface area (Å²) >= 11 is 0. The number of carbonyl (C=O) groups excluding carboxylic acids is 1. The van der Waals surface area contributed by atoms with Gasteiger partial charge in [0, 0.05) is 25.9 Å². The van der Waals surface area contributed by atoms with Crippen molar-refractivity contribution < 1.29 is 9.53 Å². The van der Waals surface area contributed by atoms with Crippen LogP contribution >= 0.6 is 0 Å². The molecule has 1 unspecified atom stereocenters. The van der Waals surface area contributed by atoms with E-state index in [9.17, 15) is 4.79 Å². The molecular formula is C19H25N7O2. The third-order valence-corrected chi connectivity index (χ3v) is 4.46. The Morgan fingerprint density at radius 2 is 1.96 bits per heavy atom. The molecule has 2 N–H and O–H groups in total. The molecule has 0 aliphatic rings. The molecule has 2 amide bonds. The average molecular weight is 383 g/mol.